The molecule has 0 N–H and O–H groups in total. The molecule has 0 aromatic heterocycles. The van der Waals surface area contributed by atoms with Gasteiger partial charge in [-0.1, -0.05) is 60.6 Å². The molecule has 0 saturated heterocycles. The van der Waals surface area contributed by atoms with Crippen LogP contribution in [0.15, 0.2) is 12.1 Å². The molecule has 3 heteroatoms. The highest BCUT2D eigenvalue weighted by Crippen LogP contribution is 2.40. The van der Waals surface area contributed by atoms with Crippen molar-refractivity contribution in [3.63, 3.8) is 0 Å². The molecule has 0 radical (unpaired) electrons. The van der Waals surface area contributed by atoms with Gasteiger partial charge >= 0.3 is 0 Å². The Kier molecular flexibility index (Phi) is 6.38. The quantitative estimate of drug-likeness (QED) is 0.551. The van der Waals surface area contributed by atoms with E-state index in [-0.39, 0.29) is 23.9 Å². The van der Waals surface area contributed by atoms with Crippen LogP contribution in [-0.4, -0.2) is 17.3 Å². The van der Waals surface area contributed by atoms with Gasteiger partial charge in [0.05, 0.1) is 12.2 Å². The first-order chi connectivity index (χ1) is 11.6. The summed E-state index contributed by atoms with van der Waals surface area (Å²) in [6.45, 7) is 17.4. The van der Waals surface area contributed by atoms with Crippen LogP contribution in [-0.2, 0) is 9.53 Å². The third-order valence-corrected chi connectivity index (χ3v) is 5.91. The summed E-state index contributed by atoms with van der Waals surface area (Å²) in [5.41, 5.74) is 5.37. The zero-order chi connectivity index (χ0) is 19.0. The lowest BCUT2D eigenvalue weighted by atomic mass is 9.80. The van der Waals surface area contributed by atoms with E-state index in [9.17, 15) is 4.79 Å². The molecule has 1 aromatic carbocycles. The third kappa shape index (κ3) is 3.95. The fourth-order valence-electron chi connectivity index (χ4n) is 3.68. The molecule has 0 aliphatic heterocycles. The van der Waals surface area contributed by atoms with Gasteiger partial charge in [-0.2, -0.15) is 0 Å². The number of hydrogen-bond donors (Lipinski definition) is 0. The Bertz CT molecular complexity index is 592. The van der Waals surface area contributed by atoms with Crippen LogP contribution in [0.25, 0.3) is 0 Å². The van der Waals surface area contributed by atoms with Gasteiger partial charge in [-0.25, -0.2) is 0 Å². The third-order valence-electron chi connectivity index (χ3n) is 5.45. The van der Waals surface area contributed by atoms with E-state index in [1.165, 1.54) is 22.3 Å². The zero-order valence-electron chi connectivity index (χ0n) is 16.9. The molecule has 4 atom stereocenters. The molecule has 2 nitrogen and oxygen atoms in total. The minimum Gasteiger partial charge on any atom is -0.368 e. The highest BCUT2D eigenvalue weighted by atomic mass is 35.5. The summed E-state index contributed by atoms with van der Waals surface area (Å²) in [7, 11) is 0. The lowest BCUT2D eigenvalue weighted by Gasteiger charge is -2.39. The topological polar surface area (TPSA) is 26.3 Å². The van der Waals surface area contributed by atoms with E-state index in [2.05, 4.69) is 60.6 Å². The van der Waals surface area contributed by atoms with Crippen molar-refractivity contribution in [2.75, 3.05) is 0 Å². The first-order valence-electron chi connectivity index (χ1n) is 9.57. The monoisotopic (exact) mass is 364 g/mol. The molecule has 2 rings (SSSR count). The second-order valence-electron chi connectivity index (χ2n) is 8.41. The van der Waals surface area contributed by atoms with E-state index in [0.717, 1.165) is 0 Å². The van der Waals surface area contributed by atoms with E-state index in [1.54, 1.807) is 0 Å². The Balaban J connectivity index is 2.45. The van der Waals surface area contributed by atoms with Gasteiger partial charge in [0.1, 0.15) is 5.38 Å². The Morgan fingerprint density at radius 3 is 1.76 bits per heavy atom. The van der Waals surface area contributed by atoms with Crippen molar-refractivity contribution in [3.05, 3.63) is 34.4 Å². The van der Waals surface area contributed by atoms with Crippen LogP contribution in [0.1, 0.15) is 102 Å². The first kappa shape index (κ1) is 20.5. The van der Waals surface area contributed by atoms with Crippen LogP contribution >= 0.6 is 11.6 Å². The SMILES string of the molecule is CC(C)c1cc(C(C)C)c([C@H](C)O[C@H]2[C@@H](C)C(=O)[C@@H]2Cl)c(C(C)C)c1. The zero-order valence-corrected chi connectivity index (χ0v) is 17.6. The number of carbonyl (C=O) groups is 1. The lowest BCUT2D eigenvalue weighted by molar-refractivity contribution is -0.147. The minimum absolute atomic E-state index is 0.0715. The predicted octanol–water partition coefficient (Wildman–Crippen LogP) is 6.33. The molecule has 1 saturated carbocycles. The molecule has 0 spiro atoms. The Labute approximate surface area is 158 Å². The molecule has 1 fully saturated rings. The Hall–Kier alpha value is -0.860. The van der Waals surface area contributed by atoms with Crippen molar-refractivity contribution in [1.82, 2.24) is 0 Å². The summed E-state index contributed by atoms with van der Waals surface area (Å²) < 4.78 is 6.30. The van der Waals surface area contributed by atoms with Crippen molar-refractivity contribution in [2.24, 2.45) is 5.92 Å². The first-order valence-corrected chi connectivity index (χ1v) is 10.0. The van der Waals surface area contributed by atoms with Crippen molar-refractivity contribution >= 4 is 17.4 Å². The molecule has 0 amide bonds. The molecule has 25 heavy (non-hydrogen) atoms. The molecular weight excluding hydrogens is 332 g/mol. The molecule has 1 aliphatic rings. The average molecular weight is 365 g/mol. The van der Waals surface area contributed by atoms with Crippen LogP contribution in [0.5, 0.6) is 0 Å². The number of ether oxygens (including phenoxy) is 1. The number of benzene rings is 1. The maximum atomic E-state index is 11.7. The molecule has 1 aliphatic carbocycles. The van der Waals surface area contributed by atoms with Gasteiger partial charge in [0, 0.05) is 5.92 Å². The molecule has 0 heterocycles. The van der Waals surface area contributed by atoms with Crippen LogP contribution < -0.4 is 0 Å². The second-order valence-corrected chi connectivity index (χ2v) is 8.88. The summed E-state index contributed by atoms with van der Waals surface area (Å²) in [6, 6.07) is 4.67. The van der Waals surface area contributed by atoms with Gasteiger partial charge in [0.25, 0.3) is 0 Å². The van der Waals surface area contributed by atoms with Crippen molar-refractivity contribution < 1.29 is 9.53 Å². The standard InChI is InChI=1S/C22H33ClO2/c1-11(2)16-9-17(12(3)4)19(18(10-16)13(5)6)15(8)25-22-14(7)21(24)20(22)23/h9-15,20,22H,1-8H3/t14-,15-,20-,22-/m0/s1. The van der Waals surface area contributed by atoms with E-state index < -0.39 is 5.38 Å². The largest absolute Gasteiger partial charge is 0.368 e. The van der Waals surface area contributed by atoms with E-state index in [0.29, 0.717) is 17.8 Å². The number of alkyl halides is 1. The summed E-state index contributed by atoms with van der Waals surface area (Å²) >= 11 is 6.19. The highest BCUT2D eigenvalue weighted by Gasteiger charge is 2.47. The van der Waals surface area contributed by atoms with Gasteiger partial charge in [-0.15, -0.1) is 11.6 Å². The predicted molar refractivity (Wildman–Crippen MR) is 106 cm³/mol. The molecule has 1 aromatic rings. The lowest BCUT2D eigenvalue weighted by Crippen LogP contribution is -2.53. The smallest absolute Gasteiger partial charge is 0.158 e. The van der Waals surface area contributed by atoms with Gasteiger partial charge < -0.3 is 4.74 Å². The van der Waals surface area contributed by atoms with Crippen molar-refractivity contribution in [2.45, 2.75) is 90.7 Å². The van der Waals surface area contributed by atoms with Crippen molar-refractivity contribution in [1.29, 1.82) is 0 Å². The number of Topliss-reactive ketones (excluding diaryl/α,β-unsaturated/α-hetero) is 1. The van der Waals surface area contributed by atoms with Gasteiger partial charge in [-0.3, -0.25) is 4.79 Å². The highest BCUT2D eigenvalue weighted by molar-refractivity contribution is 6.34. The van der Waals surface area contributed by atoms with E-state index in [1.807, 2.05) is 6.92 Å². The number of rotatable bonds is 6. The molecule has 0 unspecified atom stereocenters. The molecular formula is C22H33ClO2. The fraction of sp³-hybridized carbons (Fsp3) is 0.682. The van der Waals surface area contributed by atoms with Crippen LogP contribution in [0.2, 0.25) is 0 Å². The second kappa shape index (κ2) is 7.80. The maximum absolute atomic E-state index is 11.7. The molecule has 140 valence electrons. The van der Waals surface area contributed by atoms with Gasteiger partial charge in [0.15, 0.2) is 5.78 Å². The number of halogens is 1. The normalized spacial score (nSPS) is 25.0. The van der Waals surface area contributed by atoms with Crippen LogP contribution in [0, 0.1) is 5.92 Å². The summed E-state index contributed by atoms with van der Waals surface area (Å²) in [4.78, 5) is 11.7. The Morgan fingerprint density at radius 1 is 0.920 bits per heavy atom. The van der Waals surface area contributed by atoms with E-state index >= 15 is 0 Å². The number of hydrogen-bond acceptors (Lipinski definition) is 2. The van der Waals surface area contributed by atoms with Crippen LogP contribution in [0.4, 0.5) is 0 Å². The minimum atomic E-state index is -0.502. The average Bonchev–Trinajstić information content (AvgIpc) is 2.56. The summed E-state index contributed by atoms with van der Waals surface area (Å²) in [6.07, 6.45) is -0.258. The Morgan fingerprint density at radius 2 is 1.40 bits per heavy atom. The number of ketones is 1. The van der Waals surface area contributed by atoms with Crippen molar-refractivity contribution in [3.8, 4) is 0 Å². The molecule has 0 bridgehead atoms. The fourth-order valence-corrected chi connectivity index (χ4v) is 4.16. The van der Waals surface area contributed by atoms with Gasteiger partial charge in [0.2, 0.25) is 0 Å². The maximum Gasteiger partial charge on any atom is 0.158 e. The number of carbonyl (C=O) groups excluding carboxylic acids is 1. The summed E-state index contributed by atoms with van der Waals surface area (Å²) in [5, 5.41) is -0.502. The van der Waals surface area contributed by atoms with E-state index in [4.69, 9.17) is 16.3 Å². The van der Waals surface area contributed by atoms with Crippen LogP contribution in [0.3, 0.4) is 0 Å². The summed E-state index contributed by atoms with van der Waals surface area (Å²) in [5.74, 6) is 1.33. The van der Waals surface area contributed by atoms with Gasteiger partial charge in [-0.05, 0) is 46.9 Å².